The Morgan fingerprint density at radius 3 is 2.44 bits per heavy atom. The Balaban J connectivity index is 1.38. The minimum Gasteiger partial charge on any atom is -0.371 e. The zero-order valence-corrected chi connectivity index (χ0v) is 15.9. The fraction of sp³-hybridized carbons (Fsp3) is 0.400. The van der Waals surface area contributed by atoms with E-state index in [2.05, 4.69) is 17.4 Å². The largest absolute Gasteiger partial charge is 0.371 e. The minimum atomic E-state index is -3.85. The number of aryl methyl sites for hydroxylation is 1. The molecule has 0 aliphatic carbocycles. The third kappa shape index (κ3) is 4.07. The molecule has 144 valence electrons. The molecule has 0 radical (unpaired) electrons. The van der Waals surface area contributed by atoms with E-state index in [0.29, 0.717) is 13.2 Å². The third-order valence-corrected chi connectivity index (χ3v) is 6.33. The normalized spacial score (nSPS) is 27.6. The highest BCUT2D eigenvalue weighted by Crippen LogP contribution is 2.31. The summed E-state index contributed by atoms with van der Waals surface area (Å²) in [7, 11) is -3.85. The molecule has 0 saturated carbocycles. The van der Waals surface area contributed by atoms with Gasteiger partial charge in [0.1, 0.15) is 18.3 Å². The molecule has 0 bridgehead atoms. The molecule has 2 saturated heterocycles. The predicted octanol–water partition coefficient (Wildman–Crippen LogP) is 2.02. The van der Waals surface area contributed by atoms with Crippen LogP contribution < -0.4 is 5.32 Å². The average molecular weight is 389 g/mol. The lowest BCUT2D eigenvalue weighted by Crippen LogP contribution is -2.41. The number of fused-ring (bicyclic) bond motifs is 1. The first-order valence-corrected chi connectivity index (χ1v) is 10.4. The van der Waals surface area contributed by atoms with E-state index in [0.717, 1.165) is 5.56 Å². The maximum absolute atomic E-state index is 12.5. The summed E-state index contributed by atoms with van der Waals surface area (Å²) in [5.74, 6) is 0. The quantitative estimate of drug-likeness (QED) is 0.762. The molecule has 2 aromatic rings. The molecule has 6 nitrogen and oxygen atoms in total. The Kier molecular flexibility index (Phi) is 5.29. The SMILES string of the molecule is Cc1ccc(S(=O)(=O)O[C@@H]2CO[C@H]3[C@@H]2OC[C@@H]3NCc2ccccc2)cc1. The van der Waals surface area contributed by atoms with Crippen molar-refractivity contribution in [1.29, 1.82) is 0 Å². The van der Waals surface area contributed by atoms with Crippen LogP contribution >= 0.6 is 0 Å². The number of nitrogens with one attached hydrogen (secondary N) is 1. The van der Waals surface area contributed by atoms with Crippen LogP contribution in [0, 0.1) is 6.92 Å². The van der Waals surface area contributed by atoms with E-state index < -0.39 is 22.3 Å². The molecule has 4 rings (SSSR count). The van der Waals surface area contributed by atoms with Gasteiger partial charge in [-0.25, -0.2) is 0 Å². The predicted molar refractivity (Wildman–Crippen MR) is 99.8 cm³/mol. The summed E-state index contributed by atoms with van der Waals surface area (Å²) < 4.78 is 42.1. The van der Waals surface area contributed by atoms with Crippen LogP contribution in [-0.2, 0) is 30.3 Å². The fourth-order valence-corrected chi connectivity index (χ4v) is 4.56. The lowest BCUT2D eigenvalue weighted by molar-refractivity contribution is 0.0331. The maximum Gasteiger partial charge on any atom is 0.297 e. The Bertz CT molecular complexity index is 869. The molecule has 0 aromatic heterocycles. The summed E-state index contributed by atoms with van der Waals surface area (Å²) in [5.41, 5.74) is 2.17. The first kappa shape index (κ1) is 18.6. The van der Waals surface area contributed by atoms with Gasteiger partial charge in [0.05, 0.1) is 24.2 Å². The number of hydrogen-bond donors (Lipinski definition) is 1. The molecule has 7 heteroatoms. The van der Waals surface area contributed by atoms with Crippen molar-refractivity contribution in [2.75, 3.05) is 13.2 Å². The highest BCUT2D eigenvalue weighted by molar-refractivity contribution is 7.86. The lowest BCUT2D eigenvalue weighted by atomic mass is 10.1. The summed E-state index contributed by atoms with van der Waals surface area (Å²) in [4.78, 5) is 0.147. The van der Waals surface area contributed by atoms with Crippen LogP contribution in [0.3, 0.4) is 0 Å². The van der Waals surface area contributed by atoms with E-state index in [9.17, 15) is 8.42 Å². The van der Waals surface area contributed by atoms with Gasteiger partial charge in [-0.3, -0.25) is 4.18 Å². The van der Waals surface area contributed by atoms with Crippen molar-refractivity contribution in [2.45, 2.75) is 42.7 Å². The van der Waals surface area contributed by atoms with Crippen molar-refractivity contribution in [1.82, 2.24) is 5.32 Å². The van der Waals surface area contributed by atoms with Gasteiger partial charge in [0.2, 0.25) is 0 Å². The molecule has 2 heterocycles. The minimum absolute atomic E-state index is 0.00545. The van der Waals surface area contributed by atoms with Gasteiger partial charge >= 0.3 is 0 Å². The van der Waals surface area contributed by atoms with Crippen LogP contribution in [-0.4, -0.2) is 46.0 Å². The highest BCUT2D eigenvalue weighted by atomic mass is 32.2. The van der Waals surface area contributed by atoms with Gasteiger partial charge in [0.25, 0.3) is 10.1 Å². The Morgan fingerprint density at radius 1 is 1.00 bits per heavy atom. The lowest BCUT2D eigenvalue weighted by Gasteiger charge is -2.18. The topological polar surface area (TPSA) is 73.9 Å². The van der Waals surface area contributed by atoms with Crippen molar-refractivity contribution in [2.24, 2.45) is 0 Å². The van der Waals surface area contributed by atoms with Gasteiger partial charge < -0.3 is 14.8 Å². The summed E-state index contributed by atoms with van der Waals surface area (Å²) in [5, 5.41) is 3.44. The van der Waals surface area contributed by atoms with Gasteiger partial charge in [-0.2, -0.15) is 8.42 Å². The van der Waals surface area contributed by atoms with Crippen LogP contribution in [0.25, 0.3) is 0 Å². The van der Waals surface area contributed by atoms with Gasteiger partial charge in [-0.05, 0) is 24.6 Å². The Hall–Kier alpha value is -1.77. The van der Waals surface area contributed by atoms with Crippen LogP contribution in [0.1, 0.15) is 11.1 Å². The molecule has 2 aromatic carbocycles. The van der Waals surface area contributed by atoms with E-state index in [1.165, 1.54) is 5.56 Å². The maximum atomic E-state index is 12.5. The highest BCUT2D eigenvalue weighted by Gasteiger charge is 2.49. The molecule has 4 atom stereocenters. The molecule has 2 fully saturated rings. The van der Waals surface area contributed by atoms with E-state index in [4.69, 9.17) is 13.7 Å². The molecule has 0 unspecified atom stereocenters. The number of hydrogen-bond acceptors (Lipinski definition) is 6. The molecule has 2 aliphatic heterocycles. The molecule has 27 heavy (non-hydrogen) atoms. The second kappa shape index (κ2) is 7.69. The smallest absolute Gasteiger partial charge is 0.297 e. The summed E-state index contributed by atoms with van der Waals surface area (Å²) in [6.07, 6.45) is -1.24. The molecular formula is C20H23NO5S. The molecule has 1 N–H and O–H groups in total. The van der Waals surface area contributed by atoms with Crippen LogP contribution in [0.2, 0.25) is 0 Å². The molecule has 0 amide bonds. The van der Waals surface area contributed by atoms with Gasteiger partial charge in [0, 0.05) is 6.54 Å². The number of benzene rings is 2. The fourth-order valence-electron chi connectivity index (χ4n) is 3.49. The third-order valence-electron chi connectivity index (χ3n) is 4.98. The average Bonchev–Trinajstić information content (AvgIpc) is 3.24. The monoisotopic (exact) mass is 389 g/mol. The second-order valence-electron chi connectivity index (χ2n) is 6.97. The van der Waals surface area contributed by atoms with Crippen LogP contribution in [0.5, 0.6) is 0 Å². The molecule has 0 spiro atoms. The Labute approximate surface area is 159 Å². The first-order chi connectivity index (χ1) is 13.0. The van der Waals surface area contributed by atoms with Crippen molar-refractivity contribution in [3.05, 3.63) is 65.7 Å². The summed E-state index contributed by atoms with van der Waals surface area (Å²) in [6.45, 7) is 3.27. The van der Waals surface area contributed by atoms with Gasteiger partial charge in [-0.15, -0.1) is 0 Å². The van der Waals surface area contributed by atoms with Crippen molar-refractivity contribution in [3.63, 3.8) is 0 Å². The van der Waals surface area contributed by atoms with E-state index >= 15 is 0 Å². The number of ether oxygens (including phenoxy) is 2. The standard InChI is InChI=1S/C20H23NO5S/c1-14-7-9-16(10-8-14)27(22,23)26-18-13-25-19-17(12-24-20(18)19)21-11-15-5-3-2-4-6-15/h2-10,17-21H,11-13H2,1H3/t17-,18+,19+,20+/m0/s1. The van der Waals surface area contributed by atoms with Gasteiger partial charge in [-0.1, -0.05) is 48.0 Å². The van der Waals surface area contributed by atoms with Crippen molar-refractivity contribution < 1.29 is 22.1 Å². The zero-order chi connectivity index (χ0) is 18.9. The van der Waals surface area contributed by atoms with Crippen LogP contribution in [0.4, 0.5) is 0 Å². The van der Waals surface area contributed by atoms with Crippen molar-refractivity contribution in [3.8, 4) is 0 Å². The number of rotatable bonds is 6. The van der Waals surface area contributed by atoms with E-state index in [1.807, 2.05) is 25.1 Å². The van der Waals surface area contributed by atoms with Crippen LogP contribution in [0.15, 0.2) is 59.5 Å². The van der Waals surface area contributed by atoms with E-state index in [-0.39, 0.29) is 23.6 Å². The Morgan fingerprint density at radius 2 is 1.70 bits per heavy atom. The summed E-state index contributed by atoms with van der Waals surface area (Å²) in [6, 6.07) is 16.7. The van der Waals surface area contributed by atoms with Gasteiger partial charge in [0.15, 0.2) is 0 Å². The second-order valence-corrected chi connectivity index (χ2v) is 8.54. The van der Waals surface area contributed by atoms with Crippen molar-refractivity contribution >= 4 is 10.1 Å². The first-order valence-electron chi connectivity index (χ1n) is 9.03. The molecule has 2 aliphatic rings. The zero-order valence-electron chi connectivity index (χ0n) is 15.1. The summed E-state index contributed by atoms with van der Waals surface area (Å²) >= 11 is 0. The van der Waals surface area contributed by atoms with E-state index in [1.54, 1.807) is 24.3 Å². The molecular weight excluding hydrogens is 366 g/mol.